The number of aliphatic hydroxyl groups is 2. The summed E-state index contributed by atoms with van der Waals surface area (Å²) in [7, 11) is 0. The second-order valence-electron chi connectivity index (χ2n) is 8.02. The molecular weight excluding hydrogens is 276 g/mol. The van der Waals surface area contributed by atoms with Crippen LogP contribution in [0, 0.1) is 10.8 Å². The van der Waals surface area contributed by atoms with Crippen molar-refractivity contribution in [3.05, 3.63) is 35.5 Å². The topological polar surface area (TPSA) is 57.5 Å². The number of allylic oxidation sites excluding steroid dienone is 1. The van der Waals surface area contributed by atoms with Crippen LogP contribution in [0.4, 0.5) is 0 Å². The highest BCUT2D eigenvalue weighted by Crippen LogP contribution is 2.55. The van der Waals surface area contributed by atoms with E-state index in [9.17, 15) is 15.0 Å². The molecule has 0 amide bonds. The molecule has 0 aromatic heterocycles. The number of fused-ring (bicyclic) bond motifs is 2. The van der Waals surface area contributed by atoms with E-state index >= 15 is 0 Å². The number of carbonyl (C=O) groups is 1. The molecule has 1 saturated carbocycles. The number of hydrogen-bond donors (Lipinski definition) is 2. The van der Waals surface area contributed by atoms with Crippen molar-refractivity contribution in [1.29, 1.82) is 0 Å². The van der Waals surface area contributed by atoms with Crippen LogP contribution >= 0.6 is 0 Å². The molecule has 3 atom stereocenters. The lowest BCUT2D eigenvalue weighted by atomic mass is 9.56. The maximum absolute atomic E-state index is 12.7. The molecule has 0 bridgehead atoms. The summed E-state index contributed by atoms with van der Waals surface area (Å²) in [6, 6.07) is 0. The normalized spacial score (nSPS) is 40.7. The molecule has 22 heavy (non-hydrogen) atoms. The van der Waals surface area contributed by atoms with Gasteiger partial charge in [0.15, 0.2) is 5.78 Å². The molecule has 3 heteroatoms. The fourth-order valence-electron chi connectivity index (χ4n) is 4.54. The van der Waals surface area contributed by atoms with Gasteiger partial charge in [0.05, 0.1) is 6.10 Å². The van der Waals surface area contributed by atoms with Gasteiger partial charge in [0, 0.05) is 11.0 Å². The molecule has 3 aliphatic rings. The minimum atomic E-state index is -1.05. The molecule has 0 unspecified atom stereocenters. The Morgan fingerprint density at radius 2 is 1.95 bits per heavy atom. The Morgan fingerprint density at radius 1 is 1.27 bits per heavy atom. The minimum absolute atomic E-state index is 0.134. The number of rotatable bonds is 1. The standard InChI is InChI=1S/C19H26O3/c1-5-18(4)10-7-12-15(16(18)21)13(20)11-14-17(2,3)8-6-9-19(12,14)22/h5,11,16,21-22H,1,6-10H2,2-4H3/t16-,18+,19+/m1/s1. The van der Waals surface area contributed by atoms with Gasteiger partial charge in [-0.25, -0.2) is 0 Å². The van der Waals surface area contributed by atoms with Crippen molar-refractivity contribution < 1.29 is 15.0 Å². The van der Waals surface area contributed by atoms with Crippen molar-refractivity contribution in [1.82, 2.24) is 0 Å². The van der Waals surface area contributed by atoms with E-state index in [4.69, 9.17) is 0 Å². The highest BCUT2D eigenvalue weighted by Gasteiger charge is 2.53. The quantitative estimate of drug-likeness (QED) is 0.732. The molecule has 2 N–H and O–H groups in total. The van der Waals surface area contributed by atoms with Crippen LogP contribution in [0.3, 0.4) is 0 Å². The smallest absolute Gasteiger partial charge is 0.184 e. The minimum Gasteiger partial charge on any atom is -0.387 e. The summed E-state index contributed by atoms with van der Waals surface area (Å²) in [5.74, 6) is -0.134. The zero-order valence-corrected chi connectivity index (χ0v) is 13.8. The molecule has 0 aliphatic heterocycles. The third-order valence-electron chi connectivity index (χ3n) is 6.16. The van der Waals surface area contributed by atoms with Crippen LogP contribution in [0.5, 0.6) is 0 Å². The van der Waals surface area contributed by atoms with E-state index < -0.39 is 17.1 Å². The molecule has 0 spiro atoms. The zero-order valence-electron chi connectivity index (χ0n) is 13.8. The van der Waals surface area contributed by atoms with Gasteiger partial charge in [0.1, 0.15) is 5.60 Å². The van der Waals surface area contributed by atoms with Crippen LogP contribution in [0.1, 0.15) is 52.9 Å². The van der Waals surface area contributed by atoms with Crippen LogP contribution in [0.2, 0.25) is 0 Å². The molecule has 3 nitrogen and oxygen atoms in total. The number of hydrogen-bond acceptors (Lipinski definition) is 3. The van der Waals surface area contributed by atoms with Gasteiger partial charge >= 0.3 is 0 Å². The first-order valence-electron chi connectivity index (χ1n) is 8.20. The lowest BCUT2D eigenvalue weighted by Crippen LogP contribution is -2.51. The Bertz CT molecular complexity index is 610. The number of carbonyl (C=O) groups excluding carboxylic acids is 1. The first-order valence-corrected chi connectivity index (χ1v) is 8.20. The Kier molecular flexibility index (Phi) is 3.32. The van der Waals surface area contributed by atoms with Gasteiger partial charge in [-0.05, 0) is 54.7 Å². The van der Waals surface area contributed by atoms with Crippen LogP contribution < -0.4 is 0 Å². The summed E-state index contributed by atoms with van der Waals surface area (Å²) >= 11 is 0. The largest absolute Gasteiger partial charge is 0.387 e. The van der Waals surface area contributed by atoms with Crippen molar-refractivity contribution in [3.8, 4) is 0 Å². The second kappa shape index (κ2) is 4.65. The predicted octanol–water partition coefficient (Wildman–Crippen LogP) is 3.08. The van der Waals surface area contributed by atoms with E-state index in [0.29, 0.717) is 24.8 Å². The molecule has 3 aliphatic carbocycles. The molecule has 0 heterocycles. The third kappa shape index (κ3) is 1.92. The SMILES string of the molecule is C=C[C@@]1(C)CCC2=C(C(=O)C=C3C(C)(C)CCC[C@@]32O)[C@H]1O. The maximum Gasteiger partial charge on any atom is 0.184 e. The lowest BCUT2D eigenvalue weighted by molar-refractivity contribution is -0.114. The van der Waals surface area contributed by atoms with Crippen molar-refractivity contribution >= 4 is 5.78 Å². The monoisotopic (exact) mass is 302 g/mol. The first-order chi connectivity index (χ1) is 10.2. The lowest BCUT2D eigenvalue weighted by Gasteiger charge is -2.51. The maximum atomic E-state index is 12.7. The van der Waals surface area contributed by atoms with Crippen LogP contribution in [-0.4, -0.2) is 27.7 Å². The highest BCUT2D eigenvalue weighted by atomic mass is 16.3. The molecule has 1 fully saturated rings. The fraction of sp³-hybridized carbons (Fsp3) is 0.632. The average Bonchev–Trinajstić information content (AvgIpc) is 2.44. The highest BCUT2D eigenvalue weighted by molar-refractivity contribution is 6.08. The molecule has 3 rings (SSSR count). The third-order valence-corrected chi connectivity index (χ3v) is 6.16. The van der Waals surface area contributed by atoms with Crippen LogP contribution in [0.15, 0.2) is 35.5 Å². The number of ketones is 1. The van der Waals surface area contributed by atoms with Crippen LogP contribution in [-0.2, 0) is 4.79 Å². The average molecular weight is 302 g/mol. The predicted molar refractivity (Wildman–Crippen MR) is 86.2 cm³/mol. The fourth-order valence-corrected chi connectivity index (χ4v) is 4.54. The molecule has 0 aromatic rings. The molecule has 0 aromatic carbocycles. The zero-order chi connectivity index (χ0) is 16.3. The van der Waals surface area contributed by atoms with E-state index in [1.165, 1.54) is 0 Å². The number of aliphatic hydroxyl groups excluding tert-OH is 1. The van der Waals surface area contributed by atoms with E-state index in [2.05, 4.69) is 20.4 Å². The van der Waals surface area contributed by atoms with Gasteiger partial charge in [0.25, 0.3) is 0 Å². The van der Waals surface area contributed by atoms with Crippen molar-refractivity contribution in [2.45, 2.75) is 64.6 Å². The molecule has 0 saturated heterocycles. The van der Waals surface area contributed by atoms with Crippen molar-refractivity contribution in [2.75, 3.05) is 0 Å². The molecule has 0 radical (unpaired) electrons. The summed E-state index contributed by atoms with van der Waals surface area (Å²) in [6.45, 7) is 9.93. The first kappa shape index (κ1) is 15.7. The van der Waals surface area contributed by atoms with Crippen LogP contribution in [0.25, 0.3) is 0 Å². The Morgan fingerprint density at radius 3 is 2.59 bits per heavy atom. The van der Waals surface area contributed by atoms with E-state index in [1.54, 1.807) is 12.2 Å². The Hall–Kier alpha value is -1.19. The Balaban J connectivity index is 2.16. The van der Waals surface area contributed by atoms with Gasteiger partial charge in [-0.2, -0.15) is 0 Å². The van der Waals surface area contributed by atoms with Crippen molar-refractivity contribution in [2.24, 2.45) is 10.8 Å². The molecule has 120 valence electrons. The van der Waals surface area contributed by atoms with Crippen molar-refractivity contribution in [3.63, 3.8) is 0 Å². The van der Waals surface area contributed by atoms with E-state index in [0.717, 1.165) is 24.0 Å². The summed E-state index contributed by atoms with van der Waals surface area (Å²) in [6.07, 6.45) is 6.35. The summed E-state index contributed by atoms with van der Waals surface area (Å²) in [5.41, 5.74) is 0.289. The van der Waals surface area contributed by atoms with Gasteiger partial charge in [-0.1, -0.05) is 26.8 Å². The summed E-state index contributed by atoms with van der Waals surface area (Å²) in [5, 5.41) is 22.1. The Labute approximate surface area is 132 Å². The summed E-state index contributed by atoms with van der Waals surface area (Å²) < 4.78 is 0. The van der Waals surface area contributed by atoms with Gasteiger partial charge in [0.2, 0.25) is 0 Å². The van der Waals surface area contributed by atoms with Gasteiger partial charge in [-0.3, -0.25) is 4.79 Å². The molecular formula is C19H26O3. The van der Waals surface area contributed by atoms with E-state index in [1.807, 2.05) is 6.92 Å². The summed E-state index contributed by atoms with van der Waals surface area (Å²) in [4.78, 5) is 12.7. The van der Waals surface area contributed by atoms with Gasteiger partial charge in [-0.15, -0.1) is 6.58 Å². The van der Waals surface area contributed by atoms with Gasteiger partial charge < -0.3 is 10.2 Å². The second-order valence-corrected chi connectivity index (χ2v) is 8.02. The van der Waals surface area contributed by atoms with E-state index in [-0.39, 0.29) is 11.2 Å².